The molecular weight excluding hydrogens is 330 g/mol. The molecule has 3 rings (SSSR count). The number of para-hydroxylation sites is 1. The fourth-order valence-electron chi connectivity index (χ4n) is 2.78. The number of carbonyl (C=O) groups excluding carboxylic acids is 1. The Labute approximate surface area is 150 Å². The van der Waals surface area contributed by atoms with Gasteiger partial charge in [-0.2, -0.15) is 5.10 Å². The second kappa shape index (κ2) is 7.14. The van der Waals surface area contributed by atoms with Crippen LogP contribution in [0.25, 0.3) is 11.8 Å². The summed E-state index contributed by atoms with van der Waals surface area (Å²) in [7, 11) is 0. The highest BCUT2D eigenvalue weighted by Crippen LogP contribution is 2.19. The summed E-state index contributed by atoms with van der Waals surface area (Å²) in [5, 5.41) is 15.2. The van der Waals surface area contributed by atoms with Gasteiger partial charge in [-0.25, -0.2) is 4.68 Å². The molecule has 130 valence electrons. The number of hydrogen-bond donors (Lipinski definition) is 0. The maximum Gasteiger partial charge on any atom is 0.269 e. The van der Waals surface area contributed by atoms with E-state index in [1.54, 1.807) is 29.8 Å². The number of nitrogens with zero attached hydrogens (tertiary/aromatic N) is 3. The molecule has 1 aromatic heterocycles. The van der Waals surface area contributed by atoms with Gasteiger partial charge in [0.05, 0.1) is 27.6 Å². The average molecular weight is 347 g/mol. The zero-order valence-corrected chi connectivity index (χ0v) is 14.4. The van der Waals surface area contributed by atoms with Crippen molar-refractivity contribution in [2.24, 2.45) is 0 Å². The standard InChI is InChI=1S/C20H17N3O3/c1-14-20(15(2)22(21-14)17-6-4-3-5-7-17)19(24)13-10-16-8-11-18(12-9-16)23(25)26/h3-13H,1-2H3/b13-10-. The second-order valence-corrected chi connectivity index (χ2v) is 5.84. The van der Waals surface area contributed by atoms with Crippen LogP contribution in [0.15, 0.2) is 60.7 Å². The number of hydrogen-bond acceptors (Lipinski definition) is 4. The Hall–Kier alpha value is -3.54. The summed E-state index contributed by atoms with van der Waals surface area (Å²) in [6.07, 6.45) is 3.11. The SMILES string of the molecule is Cc1nn(-c2ccccc2)c(C)c1C(=O)/C=C\c1ccc([N+](=O)[O-])cc1. The monoisotopic (exact) mass is 347 g/mol. The Balaban J connectivity index is 1.86. The first kappa shape index (κ1) is 17.3. The first-order valence-electron chi connectivity index (χ1n) is 8.06. The normalized spacial score (nSPS) is 11.0. The number of aromatic nitrogens is 2. The lowest BCUT2D eigenvalue weighted by Crippen LogP contribution is -2.01. The maximum absolute atomic E-state index is 12.6. The van der Waals surface area contributed by atoms with E-state index >= 15 is 0 Å². The molecule has 0 unspecified atom stereocenters. The summed E-state index contributed by atoms with van der Waals surface area (Å²) in [6, 6.07) is 15.7. The second-order valence-electron chi connectivity index (χ2n) is 5.84. The number of nitro groups is 1. The van der Waals surface area contributed by atoms with Crippen LogP contribution >= 0.6 is 0 Å². The van der Waals surface area contributed by atoms with Crippen LogP contribution in [0.1, 0.15) is 27.3 Å². The Morgan fingerprint density at radius 1 is 1.08 bits per heavy atom. The van der Waals surface area contributed by atoms with Crippen LogP contribution in [0, 0.1) is 24.0 Å². The summed E-state index contributed by atoms with van der Waals surface area (Å²) >= 11 is 0. The van der Waals surface area contributed by atoms with Crippen molar-refractivity contribution in [3.63, 3.8) is 0 Å². The van der Waals surface area contributed by atoms with E-state index in [0.29, 0.717) is 11.3 Å². The number of rotatable bonds is 5. The number of carbonyl (C=O) groups is 1. The third-order valence-corrected chi connectivity index (χ3v) is 4.07. The summed E-state index contributed by atoms with van der Waals surface area (Å²) in [5.74, 6) is -0.152. The molecule has 26 heavy (non-hydrogen) atoms. The van der Waals surface area contributed by atoms with Gasteiger partial charge in [-0.15, -0.1) is 0 Å². The number of allylic oxidation sites excluding steroid dienone is 1. The van der Waals surface area contributed by atoms with Gasteiger partial charge in [0.1, 0.15) is 0 Å². The lowest BCUT2D eigenvalue weighted by Gasteiger charge is -2.04. The van der Waals surface area contributed by atoms with Crippen LogP contribution in [0.3, 0.4) is 0 Å². The minimum absolute atomic E-state index is 0.0179. The molecule has 6 heteroatoms. The molecule has 0 saturated carbocycles. The van der Waals surface area contributed by atoms with Gasteiger partial charge in [-0.05, 0) is 49.8 Å². The Morgan fingerprint density at radius 3 is 2.35 bits per heavy atom. The average Bonchev–Trinajstić information content (AvgIpc) is 2.95. The van der Waals surface area contributed by atoms with Crippen molar-refractivity contribution in [2.45, 2.75) is 13.8 Å². The first-order valence-corrected chi connectivity index (χ1v) is 8.06. The molecule has 0 spiro atoms. The number of benzene rings is 2. The van der Waals surface area contributed by atoms with Crippen LogP contribution in [-0.2, 0) is 0 Å². The molecule has 0 N–H and O–H groups in total. The van der Waals surface area contributed by atoms with E-state index < -0.39 is 4.92 Å². The lowest BCUT2D eigenvalue weighted by molar-refractivity contribution is -0.384. The lowest BCUT2D eigenvalue weighted by atomic mass is 10.1. The number of ketones is 1. The Morgan fingerprint density at radius 2 is 1.73 bits per heavy atom. The number of non-ortho nitro benzene ring substituents is 1. The van der Waals surface area contributed by atoms with Gasteiger partial charge in [-0.1, -0.05) is 24.3 Å². The molecule has 0 aliphatic rings. The molecular formula is C20H17N3O3. The molecule has 0 saturated heterocycles. The van der Waals surface area contributed by atoms with E-state index in [9.17, 15) is 14.9 Å². The minimum Gasteiger partial charge on any atom is -0.289 e. The van der Waals surface area contributed by atoms with Crippen LogP contribution in [0.5, 0.6) is 0 Å². The highest BCUT2D eigenvalue weighted by molar-refractivity contribution is 6.08. The Kier molecular flexibility index (Phi) is 4.75. The maximum atomic E-state index is 12.6. The summed E-state index contributed by atoms with van der Waals surface area (Å²) < 4.78 is 1.75. The summed E-state index contributed by atoms with van der Waals surface area (Å²) in [4.78, 5) is 22.9. The predicted molar refractivity (Wildman–Crippen MR) is 99.5 cm³/mol. The van der Waals surface area contributed by atoms with Crippen molar-refractivity contribution >= 4 is 17.5 Å². The molecule has 0 radical (unpaired) electrons. The minimum atomic E-state index is -0.455. The molecule has 3 aromatic rings. The van der Waals surface area contributed by atoms with Gasteiger partial charge in [0, 0.05) is 12.1 Å². The van der Waals surface area contributed by atoms with Crippen LogP contribution in [0.4, 0.5) is 5.69 Å². The van der Waals surface area contributed by atoms with Crippen molar-refractivity contribution in [3.8, 4) is 5.69 Å². The fourth-order valence-corrected chi connectivity index (χ4v) is 2.78. The zero-order valence-electron chi connectivity index (χ0n) is 14.4. The van der Waals surface area contributed by atoms with Gasteiger partial charge in [0.2, 0.25) is 0 Å². The van der Waals surface area contributed by atoms with Crippen molar-refractivity contribution < 1.29 is 9.72 Å². The van der Waals surface area contributed by atoms with E-state index in [4.69, 9.17) is 0 Å². The van der Waals surface area contributed by atoms with Crippen molar-refractivity contribution in [3.05, 3.63) is 93.3 Å². The third kappa shape index (κ3) is 3.44. The van der Waals surface area contributed by atoms with Gasteiger partial charge >= 0.3 is 0 Å². The van der Waals surface area contributed by atoms with Gasteiger partial charge in [-0.3, -0.25) is 14.9 Å². The highest BCUT2D eigenvalue weighted by atomic mass is 16.6. The molecule has 0 aliphatic carbocycles. The summed E-state index contributed by atoms with van der Waals surface area (Å²) in [5.41, 5.74) is 3.62. The molecule has 1 heterocycles. The largest absolute Gasteiger partial charge is 0.289 e. The molecule has 2 aromatic carbocycles. The number of aryl methyl sites for hydroxylation is 1. The van der Waals surface area contributed by atoms with Crippen molar-refractivity contribution in [2.75, 3.05) is 0 Å². The van der Waals surface area contributed by atoms with Crippen LogP contribution < -0.4 is 0 Å². The van der Waals surface area contributed by atoms with E-state index in [-0.39, 0.29) is 11.5 Å². The molecule has 0 amide bonds. The predicted octanol–water partition coefficient (Wildman–Crippen LogP) is 4.29. The van der Waals surface area contributed by atoms with E-state index in [1.165, 1.54) is 18.2 Å². The fraction of sp³-hybridized carbons (Fsp3) is 0.100. The molecule has 0 atom stereocenters. The topological polar surface area (TPSA) is 78.0 Å². The van der Waals surface area contributed by atoms with Gasteiger partial charge in [0.15, 0.2) is 5.78 Å². The molecule has 0 bridgehead atoms. The molecule has 0 fully saturated rings. The quantitative estimate of drug-likeness (QED) is 0.298. The number of nitro benzene ring substituents is 1. The molecule has 0 aliphatic heterocycles. The van der Waals surface area contributed by atoms with Gasteiger partial charge in [0.25, 0.3) is 5.69 Å². The first-order chi connectivity index (χ1) is 12.5. The van der Waals surface area contributed by atoms with Gasteiger partial charge < -0.3 is 0 Å². The summed E-state index contributed by atoms with van der Waals surface area (Å²) in [6.45, 7) is 3.67. The van der Waals surface area contributed by atoms with Crippen LogP contribution in [-0.4, -0.2) is 20.5 Å². The van der Waals surface area contributed by atoms with E-state index in [2.05, 4.69) is 5.10 Å². The van der Waals surface area contributed by atoms with Crippen molar-refractivity contribution in [1.29, 1.82) is 0 Å². The smallest absolute Gasteiger partial charge is 0.269 e. The van der Waals surface area contributed by atoms with Crippen molar-refractivity contribution in [1.82, 2.24) is 9.78 Å². The molecule has 6 nitrogen and oxygen atoms in total. The zero-order chi connectivity index (χ0) is 18.7. The highest BCUT2D eigenvalue weighted by Gasteiger charge is 2.17. The van der Waals surface area contributed by atoms with E-state index in [0.717, 1.165) is 16.9 Å². The third-order valence-electron chi connectivity index (χ3n) is 4.07. The van der Waals surface area contributed by atoms with Crippen LogP contribution in [0.2, 0.25) is 0 Å². The van der Waals surface area contributed by atoms with E-state index in [1.807, 2.05) is 37.3 Å². The Bertz CT molecular complexity index is 987.